The van der Waals surface area contributed by atoms with E-state index in [1.807, 2.05) is 46.8 Å². The molecule has 1 aliphatic rings. The van der Waals surface area contributed by atoms with E-state index in [0.717, 1.165) is 16.7 Å². The van der Waals surface area contributed by atoms with E-state index in [4.69, 9.17) is 9.15 Å². The summed E-state index contributed by atoms with van der Waals surface area (Å²) in [6, 6.07) is 8.73. The van der Waals surface area contributed by atoms with Crippen LogP contribution >= 0.6 is 0 Å². The van der Waals surface area contributed by atoms with Gasteiger partial charge in [0.05, 0.1) is 23.8 Å². The minimum atomic E-state index is -3.62. The summed E-state index contributed by atoms with van der Waals surface area (Å²) in [6.07, 6.45) is 2.86. The van der Waals surface area contributed by atoms with Gasteiger partial charge in [0.25, 0.3) is 0 Å². The Balaban J connectivity index is 1.32. The van der Waals surface area contributed by atoms with Crippen LogP contribution in [0, 0.1) is 20.8 Å². The Kier molecular flexibility index (Phi) is 8.86. The molecule has 0 radical (unpaired) electrons. The normalized spacial score (nSPS) is 15.0. The fraction of sp³-hybridized carbons (Fsp3) is 0.414. The number of sulfonamides is 1. The Morgan fingerprint density at radius 1 is 1.02 bits per heavy atom. The lowest BCUT2D eigenvalue weighted by Crippen LogP contribution is -2.57. The van der Waals surface area contributed by atoms with Crippen molar-refractivity contribution in [1.82, 2.24) is 19.5 Å². The maximum absolute atomic E-state index is 13.4. The minimum Gasteiger partial charge on any atom is -0.496 e. The molecule has 2 N–H and O–H groups in total. The van der Waals surface area contributed by atoms with E-state index in [1.165, 1.54) is 17.8 Å². The number of benzene rings is 2. The highest BCUT2D eigenvalue weighted by Crippen LogP contribution is 2.32. The monoisotopic (exact) mass is 583 g/mol. The Morgan fingerprint density at radius 3 is 2.27 bits per heavy atom. The molecule has 12 heteroatoms. The van der Waals surface area contributed by atoms with Crippen LogP contribution in [0.3, 0.4) is 0 Å². The van der Waals surface area contributed by atoms with Gasteiger partial charge < -0.3 is 19.8 Å². The number of carbonyl (C=O) groups excluding carboxylic acids is 2. The van der Waals surface area contributed by atoms with E-state index >= 15 is 0 Å². The lowest BCUT2D eigenvalue weighted by atomic mass is 10.0. The van der Waals surface area contributed by atoms with Gasteiger partial charge in [0, 0.05) is 50.0 Å². The lowest BCUT2D eigenvalue weighted by molar-refractivity contribution is -0.137. The second-order valence-electron chi connectivity index (χ2n) is 11.0. The Hall–Kier alpha value is -3.74. The van der Waals surface area contributed by atoms with Crippen molar-refractivity contribution in [3.63, 3.8) is 0 Å². The number of aromatic nitrogens is 1. The van der Waals surface area contributed by atoms with Gasteiger partial charge in [-0.15, -0.1) is 0 Å². The average Bonchev–Trinajstić information content (AvgIpc) is 3.42. The highest BCUT2D eigenvalue weighted by atomic mass is 32.2. The number of methoxy groups -OCH3 is 1. The van der Waals surface area contributed by atoms with Gasteiger partial charge in [0.2, 0.25) is 10.0 Å². The van der Waals surface area contributed by atoms with Crippen LogP contribution in [0.4, 0.5) is 5.69 Å². The molecule has 0 atom stereocenters. The van der Waals surface area contributed by atoms with Gasteiger partial charge in [-0.2, -0.15) is 4.31 Å². The Labute approximate surface area is 240 Å². The zero-order chi connectivity index (χ0) is 29.9. The molecule has 2 amide bonds. The first-order valence-corrected chi connectivity index (χ1v) is 14.8. The topological polar surface area (TPSA) is 134 Å². The van der Waals surface area contributed by atoms with Crippen LogP contribution in [0.15, 0.2) is 52.2 Å². The maximum atomic E-state index is 13.4. The average molecular weight is 584 g/mol. The smallest absolute Gasteiger partial charge is 0.313 e. The van der Waals surface area contributed by atoms with Crippen LogP contribution in [-0.2, 0) is 19.6 Å². The molecule has 0 aliphatic carbocycles. The zero-order valence-corrected chi connectivity index (χ0v) is 25.1. The third kappa shape index (κ3) is 6.95. The Morgan fingerprint density at radius 2 is 1.68 bits per heavy atom. The van der Waals surface area contributed by atoms with Crippen molar-refractivity contribution in [1.29, 1.82) is 0 Å². The maximum Gasteiger partial charge on any atom is 0.313 e. The summed E-state index contributed by atoms with van der Waals surface area (Å²) >= 11 is 0. The van der Waals surface area contributed by atoms with Gasteiger partial charge in [0.1, 0.15) is 5.75 Å². The third-order valence-corrected chi connectivity index (χ3v) is 9.17. The molecule has 0 spiro atoms. The van der Waals surface area contributed by atoms with E-state index in [9.17, 15) is 18.0 Å². The first kappa shape index (κ1) is 30.2. The molecular weight excluding hydrogens is 546 g/mol. The number of oxazole rings is 1. The fourth-order valence-electron chi connectivity index (χ4n) is 5.30. The molecule has 4 rings (SSSR count). The van der Waals surface area contributed by atoms with Gasteiger partial charge in [-0.1, -0.05) is 17.7 Å². The summed E-state index contributed by atoms with van der Waals surface area (Å²) in [4.78, 5) is 31.8. The minimum absolute atomic E-state index is 0.339. The van der Waals surface area contributed by atoms with Crippen molar-refractivity contribution >= 4 is 27.5 Å². The van der Waals surface area contributed by atoms with Crippen LogP contribution in [0.5, 0.6) is 5.75 Å². The number of nitrogens with one attached hydrogen (secondary N) is 2. The SMILES string of the molecule is COc1cc(NC(=O)C(=O)NC(C)(C)CN2CCN(S(=O)(=O)c3c(C)cc(C)cc3C)CC2)ccc1-c1cnco1. The standard InChI is InChI=1S/C29H37N5O6S/c1-19-13-20(2)26(21(3)14-19)41(37,38)34-11-9-33(10-12-34)17-29(4,5)32-28(36)27(35)31-22-7-8-23(24(15-22)39-6)25-16-30-18-40-25/h7-8,13-16,18H,9-12,17H2,1-6H3,(H,31,35)(H,32,36). The predicted molar refractivity (Wildman–Crippen MR) is 155 cm³/mol. The van der Waals surface area contributed by atoms with Crippen molar-refractivity contribution in [3.8, 4) is 17.1 Å². The second kappa shape index (κ2) is 12.0. The Bertz CT molecular complexity index is 1500. The molecule has 220 valence electrons. The lowest BCUT2D eigenvalue weighted by Gasteiger charge is -2.38. The number of ether oxygens (including phenoxy) is 1. The van der Waals surface area contributed by atoms with Crippen molar-refractivity contribution in [2.45, 2.75) is 45.1 Å². The van der Waals surface area contributed by atoms with Crippen molar-refractivity contribution in [3.05, 3.63) is 59.6 Å². The van der Waals surface area contributed by atoms with Crippen LogP contribution in [0.25, 0.3) is 11.3 Å². The number of piperazine rings is 1. The summed E-state index contributed by atoms with van der Waals surface area (Å²) < 4.78 is 39.1. The predicted octanol–water partition coefficient (Wildman–Crippen LogP) is 3.12. The van der Waals surface area contributed by atoms with Crippen molar-refractivity contribution in [2.75, 3.05) is 45.2 Å². The van der Waals surface area contributed by atoms with Crippen molar-refractivity contribution < 1.29 is 27.2 Å². The number of nitrogens with zero attached hydrogens (tertiary/aromatic N) is 3. The number of rotatable bonds is 8. The molecule has 0 saturated carbocycles. The number of aryl methyl sites for hydroxylation is 3. The van der Waals surface area contributed by atoms with Crippen LogP contribution < -0.4 is 15.4 Å². The number of carbonyl (C=O) groups is 2. The molecule has 2 heterocycles. The van der Waals surface area contributed by atoms with Crippen LogP contribution in [0.1, 0.15) is 30.5 Å². The molecular formula is C29H37N5O6S. The van der Waals surface area contributed by atoms with Crippen molar-refractivity contribution in [2.24, 2.45) is 0 Å². The molecule has 3 aromatic rings. The fourth-order valence-corrected chi connectivity index (χ4v) is 7.14. The summed E-state index contributed by atoms with van der Waals surface area (Å²) in [7, 11) is -2.13. The van der Waals surface area contributed by atoms with E-state index in [1.54, 1.807) is 24.4 Å². The van der Waals surface area contributed by atoms with E-state index < -0.39 is 27.4 Å². The van der Waals surface area contributed by atoms with Crippen LogP contribution in [0.2, 0.25) is 0 Å². The van der Waals surface area contributed by atoms with Crippen LogP contribution in [-0.4, -0.2) is 79.8 Å². The number of hydrogen-bond acceptors (Lipinski definition) is 8. The van der Waals surface area contributed by atoms with E-state index in [0.29, 0.717) is 60.4 Å². The molecule has 11 nitrogen and oxygen atoms in total. The second-order valence-corrected chi connectivity index (χ2v) is 12.9. The summed E-state index contributed by atoms with van der Waals surface area (Å²) in [5.74, 6) is -0.626. The largest absolute Gasteiger partial charge is 0.496 e. The molecule has 1 aliphatic heterocycles. The molecule has 41 heavy (non-hydrogen) atoms. The summed E-state index contributed by atoms with van der Waals surface area (Å²) in [5.41, 5.74) is 2.83. The summed E-state index contributed by atoms with van der Waals surface area (Å²) in [6.45, 7) is 11.4. The number of hydrogen-bond donors (Lipinski definition) is 2. The number of anilines is 1. The molecule has 1 fully saturated rings. The van der Waals surface area contributed by atoms with Gasteiger partial charge >= 0.3 is 11.8 Å². The van der Waals surface area contributed by atoms with E-state index in [-0.39, 0.29) is 0 Å². The van der Waals surface area contributed by atoms with Gasteiger partial charge in [-0.25, -0.2) is 13.4 Å². The molecule has 1 aromatic heterocycles. The molecule has 0 unspecified atom stereocenters. The van der Waals surface area contributed by atoms with E-state index in [2.05, 4.69) is 20.5 Å². The first-order chi connectivity index (χ1) is 19.3. The van der Waals surface area contributed by atoms with Gasteiger partial charge in [-0.3, -0.25) is 14.5 Å². The molecule has 0 bridgehead atoms. The summed E-state index contributed by atoms with van der Waals surface area (Å²) in [5, 5.41) is 5.40. The quantitative estimate of drug-likeness (QED) is 0.387. The van der Waals surface area contributed by atoms with Gasteiger partial charge in [0.15, 0.2) is 12.2 Å². The highest BCUT2D eigenvalue weighted by molar-refractivity contribution is 7.89. The zero-order valence-electron chi connectivity index (χ0n) is 24.3. The number of amides is 2. The molecule has 1 saturated heterocycles. The first-order valence-electron chi connectivity index (χ1n) is 13.3. The van der Waals surface area contributed by atoms with Gasteiger partial charge in [-0.05, 0) is 57.9 Å². The molecule has 2 aromatic carbocycles. The third-order valence-electron chi connectivity index (χ3n) is 6.97. The highest BCUT2D eigenvalue weighted by Gasteiger charge is 2.33.